The molecule has 0 aliphatic rings. The van der Waals surface area contributed by atoms with Gasteiger partial charge >= 0.3 is 0 Å². The highest BCUT2D eigenvalue weighted by atomic mass is 35.5. The second kappa shape index (κ2) is 4.98. The Morgan fingerprint density at radius 1 is 1.39 bits per heavy atom. The molecular weight excluding hydrogens is 253 g/mol. The fourth-order valence-corrected chi connectivity index (χ4v) is 1.93. The third kappa shape index (κ3) is 2.64. The molecule has 0 atom stereocenters. The summed E-state index contributed by atoms with van der Waals surface area (Å²) in [5, 5.41) is 3.46. The van der Waals surface area contributed by atoms with Crippen LogP contribution in [-0.4, -0.2) is 9.55 Å². The third-order valence-corrected chi connectivity index (χ3v) is 2.90. The lowest BCUT2D eigenvalue weighted by Gasteiger charge is -2.13. The summed E-state index contributed by atoms with van der Waals surface area (Å²) >= 11 is 5.98. The molecule has 0 aliphatic carbocycles. The molecule has 0 radical (unpaired) electrons. The molecular formula is C13H15ClFN3. The van der Waals surface area contributed by atoms with Crippen molar-refractivity contribution >= 4 is 23.2 Å². The van der Waals surface area contributed by atoms with Gasteiger partial charge in [0.2, 0.25) is 5.95 Å². The number of anilines is 2. The van der Waals surface area contributed by atoms with Gasteiger partial charge in [0.15, 0.2) is 0 Å². The molecule has 5 heteroatoms. The van der Waals surface area contributed by atoms with E-state index in [1.165, 1.54) is 12.1 Å². The molecule has 0 amide bonds. The van der Waals surface area contributed by atoms with E-state index in [4.69, 9.17) is 11.6 Å². The number of rotatable bonds is 3. The Kier molecular flexibility index (Phi) is 3.57. The first-order chi connectivity index (χ1) is 8.47. The molecule has 1 heterocycles. The number of hydrogen-bond acceptors (Lipinski definition) is 2. The summed E-state index contributed by atoms with van der Waals surface area (Å²) in [4.78, 5) is 4.39. The van der Waals surface area contributed by atoms with Crippen LogP contribution in [0.25, 0.3) is 0 Å². The Morgan fingerprint density at radius 3 is 2.72 bits per heavy atom. The van der Waals surface area contributed by atoms with E-state index >= 15 is 0 Å². The van der Waals surface area contributed by atoms with Crippen LogP contribution in [-0.2, 0) is 0 Å². The van der Waals surface area contributed by atoms with Crippen LogP contribution in [0.5, 0.6) is 0 Å². The van der Waals surface area contributed by atoms with Crippen LogP contribution in [0.15, 0.2) is 24.4 Å². The van der Waals surface area contributed by atoms with Crippen molar-refractivity contribution in [3.8, 4) is 0 Å². The Bertz CT molecular complexity index is 563. The fraction of sp³-hybridized carbons (Fsp3) is 0.308. The maximum Gasteiger partial charge on any atom is 0.207 e. The predicted molar refractivity (Wildman–Crippen MR) is 72.0 cm³/mol. The molecule has 1 aromatic heterocycles. The van der Waals surface area contributed by atoms with Gasteiger partial charge in [-0.3, -0.25) is 0 Å². The minimum Gasteiger partial charge on any atom is -0.324 e. The fourth-order valence-electron chi connectivity index (χ4n) is 1.71. The van der Waals surface area contributed by atoms with Gasteiger partial charge in [-0.2, -0.15) is 0 Å². The molecule has 0 unspecified atom stereocenters. The number of benzene rings is 1. The van der Waals surface area contributed by atoms with Gasteiger partial charge in [-0.05, 0) is 39.0 Å². The van der Waals surface area contributed by atoms with E-state index in [-0.39, 0.29) is 11.9 Å². The molecule has 0 aliphatic heterocycles. The lowest BCUT2D eigenvalue weighted by atomic mass is 10.3. The number of hydrogen-bond donors (Lipinski definition) is 1. The Labute approximate surface area is 111 Å². The largest absolute Gasteiger partial charge is 0.324 e. The minimum atomic E-state index is -0.353. The summed E-state index contributed by atoms with van der Waals surface area (Å²) in [6.45, 7) is 6.06. The molecule has 1 aromatic carbocycles. The molecule has 0 spiro atoms. The van der Waals surface area contributed by atoms with E-state index in [0.717, 1.165) is 5.69 Å². The zero-order valence-electron chi connectivity index (χ0n) is 10.5. The van der Waals surface area contributed by atoms with Crippen LogP contribution in [0.1, 0.15) is 25.6 Å². The summed E-state index contributed by atoms with van der Waals surface area (Å²) in [6.07, 6.45) is 1.96. The monoisotopic (exact) mass is 267 g/mol. The van der Waals surface area contributed by atoms with E-state index in [0.29, 0.717) is 16.7 Å². The van der Waals surface area contributed by atoms with Crippen molar-refractivity contribution in [3.63, 3.8) is 0 Å². The van der Waals surface area contributed by atoms with Crippen LogP contribution >= 0.6 is 11.6 Å². The zero-order chi connectivity index (χ0) is 13.3. The quantitative estimate of drug-likeness (QED) is 0.898. The smallest absolute Gasteiger partial charge is 0.207 e. The highest BCUT2D eigenvalue weighted by molar-refractivity contribution is 6.33. The van der Waals surface area contributed by atoms with Gasteiger partial charge in [0.1, 0.15) is 5.82 Å². The molecule has 1 N–H and O–H groups in total. The predicted octanol–water partition coefficient (Wildman–Crippen LogP) is 4.31. The van der Waals surface area contributed by atoms with E-state index in [1.54, 1.807) is 6.07 Å². The summed E-state index contributed by atoms with van der Waals surface area (Å²) < 4.78 is 15.0. The average Bonchev–Trinajstić information content (AvgIpc) is 2.64. The molecule has 0 saturated carbocycles. The van der Waals surface area contributed by atoms with Crippen molar-refractivity contribution in [1.29, 1.82) is 0 Å². The zero-order valence-corrected chi connectivity index (χ0v) is 11.3. The van der Waals surface area contributed by atoms with Crippen LogP contribution in [0, 0.1) is 12.7 Å². The molecule has 0 fully saturated rings. The van der Waals surface area contributed by atoms with Crippen molar-refractivity contribution in [1.82, 2.24) is 9.55 Å². The summed E-state index contributed by atoms with van der Waals surface area (Å²) in [7, 11) is 0. The molecule has 2 rings (SSSR count). The third-order valence-electron chi connectivity index (χ3n) is 2.59. The average molecular weight is 268 g/mol. The van der Waals surface area contributed by atoms with Gasteiger partial charge in [0.05, 0.1) is 16.4 Å². The maximum absolute atomic E-state index is 13.0. The first kappa shape index (κ1) is 12.9. The van der Waals surface area contributed by atoms with E-state index in [9.17, 15) is 4.39 Å². The second-order valence-electron chi connectivity index (χ2n) is 4.46. The standard InChI is InChI=1S/C13H15ClFN3/c1-8(2)18-7-9(3)16-13(18)17-12-5-4-10(15)6-11(12)14/h4-8H,1-3H3,(H,16,17). The number of imidazole rings is 1. The van der Waals surface area contributed by atoms with Gasteiger partial charge in [0, 0.05) is 12.2 Å². The molecule has 2 aromatic rings. The lowest BCUT2D eigenvalue weighted by Crippen LogP contribution is -2.05. The molecule has 0 bridgehead atoms. The maximum atomic E-state index is 13.0. The van der Waals surface area contributed by atoms with Crippen LogP contribution in [0.4, 0.5) is 16.0 Å². The number of aromatic nitrogens is 2. The van der Waals surface area contributed by atoms with E-state index in [1.807, 2.05) is 17.7 Å². The van der Waals surface area contributed by atoms with Crippen LogP contribution in [0.2, 0.25) is 5.02 Å². The highest BCUT2D eigenvalue weighted by Gasteiger charge is 2.10. The van der Waals surface area contributed by atoms with Crippen molar-refractivity contribution in [2.24, 2.45) is 0 Å². The van der Waals surface area contributed by atoms with E-state index < -0.39 is 0 Å². The Morgan fingerprint density at radius 2 is 2.11 bits per heavy atom. The van der Waals surface area contributed by atoms with Gasteiger partial charge in [-0.15, -0.1) is 0 Å². The SMILES string of the molecule is Cc1cn(C(C)C)c(Nc2ccc(F)cc2Cl)n1. The molecule has 96 valence electrons. The van der Waals surface area contributed by atoms with Crippen LogP contribution in [0.3, 0.4) is 0 Å². The lowest BCUT2D eigenvalue weighted by molar-refractivity contribution is 0.607. The first-order valence-corrected chi connectivity index (χ1v) is 6.12. The van der Waals surface area contributed by atoms with Gasteiger partial charge in [0.25, 0.3) is 0 Å². The van der Waals surface area contributed by atoms with E-state index in [2.05, 4.69) is 24.1 Å². The Balaban J connectivity index is 2.33. The Hall–Kier alpha value is -1.55. The number of halogens is 2. The van der Waals surface area contributed by atoms with Crippen molar-refractivity contribution in [2.75, 3.05) is 5.32 Å². The number of nitrogens with one attached hydrogen (secondary N) is 1. The second-order valence-corrected chi connectivity index (χ2v) is 4.86. The summed E-state index contributed by atoms with van der Waals surface area (Å²) in [5.74, 6) is 0.352. The number of aryl methyl sites for hydroxylation is 1. The van der Waals surface area contributed by atoms with Crippen molar-refractivity contribution < 1.29 is 4.39 Å². The molecule has 3 nitrogen and oxygen atoms in total. The van der Waals surface area contributed by atoms with Gasteiger partial charge < -0.3 is 9.88 Å². The van der Waals surface area contributed by atoms with Crippen LogP contribution < -0.4 is 5.32 Å². The topological polar surface area (TPSA) is 29.9 Å². The molecule has 18 heavy (non-hydrogen) atoms. The van der Waals surface area contributed by atoms with Crippen molar-refractivity contribution in [2.45, 2.75) is 26.8 Å². The number of nitrogens with zero attached hydrogens (tertiary/aromatic N) is 2. The normalized spacial score (nSPS) is 11.0. The first-order valence-electron chi connectivity index (χ1n) is 5.75. The van der Waals surface area contributed by atoms with Crippen molar-refractivity contribution in [3.05, 3.63) is 40.9 Å². The van der Waals surface area contributed by atoms with Gasteiger partial charge in [-0.25, -0.2) is 9.37 Å². The molecule has 0 saturated heterocycles. The minimum absolute atomic E-state index is 0.285. The van der Waals surface area contributed by atoms with Gasteiger partial charge in [-0.1, -0.05) is 11.6 Å². The summed E-state index contributed by atoms with van der Waals surface area (Å²) in [5.41, 5.74) is 1.56. The highest BCUT2D eigenvalue weighted by Crippen LogP contribution is 2.27. The summed E-state index contributed by atoms with van der Waals surface area (Å²) in [6, 6.07) is 4.53.